The normalized spacial score (nSPS) is 12.7. The Labute approximate surface area is 213 Å². The first-order chi connectivity index (χ1) is 17.4. The monoisotopic (exact) mass is 485 g/mol. The molecule has 0 saturated carbocycles. The molecule has 0 bridgehead atoms. The van der Waals surface area contributed by atoms with Crippen molar-refractivity contribution in [1.82, 2.24) is 4.98 Å². The van der Waals surface area contributed by atoms with Crippen molar-refractivity contribution in [3.63, 3.8) is 0 Å². The molecule has 0 atom stereocenters. The molecule has 0 fully saturated rings. The van der Waals surface area contributed by atoms with Crippen LogP contribution in [0.2, 0.25) is 0 Å². The van der Waals surface area contributed by atoms with E-state index in [0.717, 1.165) is 0 Å². The Morgan fingerprint density at radius 3 is 1.06 bits per heavy atom. The van der Waals surface area contributed by atoms with Crippen LogP contribution in [0.5, 0.6) is 0 Å². The van der Waals surface area contributed by atoms with Crippen molar-refractivity contribution in [1.29, 1.82) is 0 Å². The van der Waals surface area contributed by atoms with Gasteiger partial charge in [-0.15, -0.1) is 0 Å². The highest BCUT2D eigenvalue weighted by Gasteiger charge is 2.27. The molecule has 1 aromatic heterocycles. The predicted molar refractivity (Wildman–Crippen MR) is 154 cm³/mol. The largest absolute Gasteiger partial charge is 0.264 e. The Bertz CT molecular complexity index is 1120. The molecular formula is C32H31NSi2. The molecule has 0 amide bonds. The number of pyridine rings is 1. The molecule has 0 aliphatic carbocycles. The first-order valence-electron chi connectivity index (χ1n) is 12.5. The van der Waals surface area contributed by atoms with Crippen molar-refractivity contribution in [2.45, 2.75) is 16.2 Å². The van der Waals surface area contributed by atoms with Crippen LogP contribution in [-0.2, 0) is 0 Å². The van der Waals surface area contributed by atoms with Crippen molar-refractivity contribution in [3.05, 3.63) is 174 Å². The van der Waals surface area contributed by atoms with Gasteiger partial charge in [0.1, 0.15) is 0 Å². The van der Waals surface area contributed by atoms with Crippen LogP contribution in [0, 0.1) is 0 Å². The summed E-state index contributed by atoms with van der Waals surface area (Å²) < 4.78 is 0. The van der Waals surface area contributed by atoms with Gasteiger partial charge in [0.05, 0.1) is 0 Å². The molecule has 3 heteroatoms. The maximum Gasteiger partial charge on any atom is 0.0390 e. The molecule has 0 spiro atoms. The predicted octanol–water partition coefficient (Wildman–Crippen LogP) is 6.00. The molecule has 5 rings (SSSR count). The molecule has 0 N–H and O–H groups in total. The molecule has 1 heterocycles. The molecule has 1 nitrogen and oxygen atoms in total. The van der Waals surface area contributed by atoms with E-state index >= 15 is 0 Å². The van der Waals surface area contributed by atoms with E-state index < -0.39 is 19.0 Å². The second-order valence-corrected chi connectivity index (χ2v) is 14.9. The topological polar surface area (TPSA) is 12.9 Å². The summed E-state index contributed by atoms with van der Waals surface area (Å²) >= 11 is 0. The summed E-state index contributed by atoms with van der Waals surface area (Å²) in [5.41, 5.74) is 8.20. The highest BCUT2D eigenvalue weighted by Crippen LogP contribution is 2.33. The zero-order chi connectivity index (χ0) is 23.7. The first-order valence-corrected chi connectivity index (χ1v) is 15.7. The average molecular weight is 486 g/mol. The van der Waals surface area contributed by atoms with E-state index in [1.165, 1.54) is 27.8 Å². The van der Waals surface area contributed by atoms with E-state index in [2.05, 4.69) is 145 Å². The highest BCUT2D eigenvalue weighted by atomic mass is 28.3. The summed E-state index contributed by atoms with van der Waals surface area (Å²) in [6.45, 7) is 0. The van der Waals surface area contributed by atoms with Crippen molar-refractivity contribution in [3.8, 4) is 0 Å². The molecular weight excluding hydrogens is 455 g/mol. The zero-order valence-corrected chi connectivity index (χ0v) is 22.8. The number of rotatable bonds is 9. The minimum atomic E-state index is -0.586. The smallest absolute Gasteiger partial charge is 0.0390 e. The fraction of sp³-hybridized carbons (Fsp3) is 0.0938. The summed E-state index contributed by atoms with van der Waals surface area (Å²) in [4.78, 5) is 4.56. The van der Waals surface area contributed by atoms with Gasteiger partial charge < -0.3 is 0 Å². The van der Waals surface area contributed by atoms with Gasteiger partial charge in [-0.1, -0.05) is 127 Å². The van der Waals surface area contributed by atoms with E-state index in [0.29, 0.717) is 16.2 Å². The Balaban J connectivity index is 1.55. The fourth-order valence-electron chi connectivity index (χ4n) is 5.23. The van der Waals surface area contributed by atoms with Gasteiger partial charge in [-0.05, 0) is 50.1 Å². The second kappa shape index (κ2) is 11.7. The van der Waals surface area contributed by atoms with Crippen molar-refractivity contribution in [2.24, 2.45) is 0 Å². The molecule has 0 saturated heterocycles. The van der Waals surface area contributed by atoms with E-state index in [1.54, 1.807) is 0 Å². The molecule has 4 aromatic carbocycles. The average Bonchev–Trinajstić information content (AvgIpc) is 2.95. The van der Waals surface area contributed by atoms with E-state index in [-0.39, 0.29) is 0 Å². The molecule has 35 heavy (non-hydrogen) atoms. The summed E-state index contributed by atoms with van der Waals surface area (Å²) in [6.07, 6.45) is 4.03. The minimum Gasteiger partial charge on any atom is -0.264 e. The van der Waals surface area contributed by atoms with Crippen LogP contribution in [0.3, 0.4) is 0 Å². The van der Waals surface area contributed by atoms with Gasteiger partial charge in [0.15, 0.2) is 0 Å². The first kappa shape index (κ1) is 23.2. The van der Waals surface area contributed by atoms with E-state index in [9.17, 15) is 0 Å². The van der Waals surface area contributed by atoms with Gasteiger partial charge in [-0.25, -0.2) is 0 Å². The maximum absolute atomic E-state index is 4.56. The van der Waals surface area contributed by atoms with Gasteiger partial charge in [-0.3, -0.25) is 4.98 Å². The third-order valence-corrected chi connectivity index (χ3v) is 13.9. The molecule has 172 valence electrons. The van der Waals surface area contributed by atoms with Gasteiger partial charge >= 0.3 is 0 Å². The Morgan fingerprint density at radius 2 is 0.743 bits per heavy atom. The van der Waals surface area contributed by atoms with Crippen LogP contribution < -0.4 is 0 Å². The number of aromatic nitrogens is 1. The van der Waals surface area contributed by atoms with Gasteiger partial charge in [0.25, 0.3) is 0 Å². The lowest BCUT2D eigenvalue weighted by molar-refractivity contribution is 1.05. The standard InChI is InChI=1S/C32H31NSi2/c1-5-14-25(15-6-1)30(26-16-7-2-8-17-26)34-32(29-22-13-23-33-24-29)35-31(27-18-9-3-10-19-27)28-20-11-4-12-21-28/h1-24,30-32H,34-35H2. The minimum absolute atomic E-state index is 0.488. The number of hydrogen-bond donors (Lipinski definition) is 0. The van der Waals surface area contributed by atoms with Gasteiger partial charge in [-0.2, -0.15) is 0 Å². The second-order valence-electron chi connectivity index (χ2n) is 9.20. The highest BCUT2D eigenvalue weighted by molar-refractivity contribution is 6.61. The van der Waals surface area contributed by atoms with Crippen LogP contribution in [0.4, 0.5) is 0 Å². The third kappa shape index (κ3) is 5.94. The molecule has 0 aliphatic heterocycles. The molecule has 0 aliphatic rings. The lowest BCUT2D eigenvalue weighted by Crippen LogP contribution is -2.27. The van der Waals surface area contributed by atoms with Crippen LogP contribution >= 0.6 is 0 Å². The van der Waals surface area contributed by atoms with Crippen molar-refractivity contribution >= 4 is 19.0 Å². The zero-order valence-electron chi connectivity index (χ0n) is 19.9. The Kier molecular flexibility index (Phi) is 7.79. The van der Waals surface area contributed by atoms with Crippen LogP contribution in [0.25, 0.3) is 0 Å². The summed E-state index contributed by atoms with van der Waals surface area (Å²) in [6, 6.07) is 49.0. The fourth-order valence-corrected chi connectivity index (χ4v) is 12.3. The van der Waals surface area contributed by atoms with Gasteiger partial charge in [0, 0.05) is 31.4 Å². The Morgan fingerprint density at radius 1 is 0.400 bits per heavy atom. The van der Waals surface area contributed by atoms with Crippen LogP contribution in [-0.4, -0.2) is 24.0 Å². The quantitative estimate of drug-likeness (QED) is 0.233. The molecule has 0 unspecified atom stereocenters. The summed E-state index contributed by atoms with van der Waals surface area (Å²) in [5, 5.41) is 0.625. The summed E-state index contributed by atoms with van der Waals surface area (Å²) in [5.74, 6) is 0. The van der Waals surface area contributed by atoms with E-state index in [1.807, 2.05) is 6.20 Å². The number of nitrogens with zero attached hydrogens (tertiary/aromatic N) is 1. The van der Waals surface area contributed by atoms with Gasteiger partial charge in [0.2, 0.25) is 0 Å². The van der Waals surface area contributed by atoms with Crippen molar-refractivity contribution in [2.75, 3.05) is 0 Å². The van der Waals surface area contributed by atoms with Crippen molar-refractivity contribution < 1.29 is 0 Å². The van der Waals surface area contributed by atoms with Crippen LogP contribution in [0.15, 0.2) is 146 Å². The number of benzene rings is 4. The third-order valence-electron chi connectivity index (χ3n) is 7.00. The lowest BCUT2D eigenvalue weighted by atomic mass is 10.0. The van der Waals surface area contributed by atoms with E-state index in [4.69, 9.17) is 0 Å². The SMILES string of the molecule is c1ccc(C([SiH2]C([SiH2]C(c2ccccc2)c2ccccc2)c2cccnc2)c2ccccc2)cc1. The Hall–Kier alpha value is -3.54. The number of hydrogen-bond acceptors (Lipinski definition) is 1. The lowest BCUT2D eigenvalue weighted by Gasteiger charge is -2.28. The molecule has 0 radical (unpaired) electrons. The van der Waals surface area contributed by atoms with Crippen LogP contribution in [0.1, 0.15) is 44.1 Å². The molecule has 5 aromatic rings. The summed E-state index contributed by atoms with van der Waals surface area (Å²) in [7, 11) is -1.17. The maximum atomic E-state index is 4.56.